The maximum absolute atomic E-state index is 2.40. The Morgan fingerprint density at radius 2 is 1.71 bits per heavy atom. The summed E-state index contributed by atoms with van der Waals surface area (Å²) in [5.41, 5.74) is 1.47. The van der Waals surface area contributed by atoms with Gasteiger partial charge >= 0.3 is 113 Å². The molecule has 0 aliphatic heterocycles. The molecule has 3 heteroatoms. The van der Waals surface area contributed by atoms with Gasteiger partial charge < -0.3 is 0 Å². The van der Waals surface area contributed by atoms with Crippen LogP contribution >= 0.6 is 0 Å². The number of nitrogens with zero attached hydrogens (tertiary/aromatic N) is 2. The van der Waals surface area contributed by atoms with Crippen LogP contribution in [-0.4, -0.2) is 9.13 Å². The minimum absolute atomic E-state index is 0.138. The molecule has 94 valence electrons. The van der Waals surface area contributed by atoms with Gasteiger partial charge in [0.15, 0.2) is 0 Å². The molecule has 2 aromatic rings. The zero-order valence-corrected chi connectivity index (χ0v) is 12.7. The molecule has 0 fully saturated rings. The number of imidazole rings is 1. The van der Waals surface area contributed by atoms with E-state index in [-0.39, 0.29) is 5.54 Å². The summed E-state index contributed by atoms with van der Waals surface area (Å²) in [5.74, 6) is 0. The molecule has 0 amide bonds. The standard InChI is InChI=1S/C14H18N2.Pt/c1-14(2,3)16-10-9-15(12-16)11-13-7-5-4-6-8-13;/h4-10H,11H2,1-3H3;. The molecule has 2 rings (SSSR count). The zero-order valence-electron chi connectivity index (χ0n) is 10.5. The van der Waals surface area contributed by atoms with Crippen molar-refractivity contribution in [1.82, 2.24) is 9.13 Å². The Hall–Kier alpha value is -0.882. The van der Waals surface area contributed by atoms with Crippen molar-refractivity contribution in [2.75, 3.05) is 0 Å². The SMILES string of the molecule is CC(C)(C)n1ccn(Cc2ccccc2)[c]1=[Pt]. The van der Waals surface area contributed by atoms with E-state index in [0.717, 1.165) is 6.54 Å². The van der Waals surface area contributed by atoms with E-state index in [0.29, 0.717) is 0 Å². The van der Waals surface area contributed by atoms with Crippen molar-refractivity contribution in [3.63, 3.8) is 0 Å². The normalized spacial score (nSPS) is 11.8. The predicted octanol–water partition coefficient (Wildman–Crippen LogP) is 3.17. The second-order valence-electron chi connectivity index (χ2n) is 5.19. The molecule has 0 radical (unpaired) electrons. The zero-order chi connectivity index (χ0) is 12.5. The molecule has 0 unspecified atom stereocenters. The van der Waals surface area contributed by atoms with Crippen molar-refractivity contribution in [1.29, 1.82) is 0 Å². The van der Waals surface area contributed by atoms with Gasteiger partial charge in [0.1, 0.15) is 0 Å². The van der Waals surface area contributed by atoms with E-state index >= 15 is 0 Å². The summed E-state index contributed by atoms with van der Waals surface area (Å²) in [5, 5.41) is 0. The third-order valence-electron chi connectivity index (χ3n) is 2.72. The van der Waals surface area contributed by atoms with Gasteiger partial charge in [-0.05, 0) is 0 Å². The second-order valence-corrected chi connectivity index (χ2v) is 6.21. The first-order valence-electron chi connectivity index (χ1n) is 5.76. The van der Waals surface area contributed by atoms with Gasteiger partial charge in [0.2, 0.25) is 0 Å². The average molecular weight is 409 g/mol. The Morgan fingerprint density at radius 3 is 2.24 bits per heavy atom. The molecule has 1 aromatic heterocycles. The van der Waals surface area contributed by atoms with E-state index in [1.54, 1.807) is 0 Å². The van der Waals surface area contributed by atoms with Crippen LogP contribution in [0.5, 0.6) is 0 Å². The molecule has 0 spiro atoms. The van der Waals surface area contributed by atoms with Crippen LogP contribution in [-0.2, 0) is 31.4 Å². The van der Waals surface area contributed by atoms with Crippen LogP contribution in [0.15, 0.2) is 42.7 Å². The van der Waals surface area contributed by atoms with Gasteiger partial charge in [-0.25, -0.2) is 0 Å². The summed E-state index contributed by atoms with van der Waals surface area (Å²) in [6.07, 6.45) is 4.31. The van der Waals surface area contributed by atoms with Gasteiger partial charge in [0.25, 0.3) is 0 Å². The molecule has 0 N–H and O–H groups in total. The fourth-order valence-electron chi connectivity index (χ4n) is 1.77. The van der Waals surface area contributed by atoms with Crippen molar-refractivity contribution < 1.29 is 19.4 Å². The van der Waals surface area contributed by atoms with Crippen molar-refractivity contribution in [3.05, 3.63) is 52.1 Å². The van der Waals surface area contributed by atoms with E-state index in [1.165, 1.54) is 9.37 Å². The molecule has 0 aliphatic rings. The van der Waals surface area contributed by atoms with Crippen LogP contribution in [0.4, 0.5) is 0 Å². The molecule has 0 saturated heterocycles. The Kier molecular flexibility index (Phi) is 3.53. The van der Waals surface area contributed by atoms with Crippen molar-refractivity contribution in [3.8, 4) is 0 Å². The Morgan fingerprint density at radius 1 is 1.06 bits per heavy atom. The average Bonchev–Trinajstić information content (AvgIpc) is 2.61. The van der Waals surface area contributed by atoms with E-state index in [9.17, 15) is 0 Å². The van der Waals surface area contributed by atoms with E-state index in [2.05, 4.69) is 92.0 Å². The van der Waals surface area contributed by atoms with Crippen LogP contribution < -0.4 is 0 Å². The Balaban J connectivity index is 2.31. The first-order chi connectivity index (χ1) is 7.98. The van der Waals surface area contributed by atoms with Gasteiger partial charge in [0.05, 0.1) is 0 Å². The van der Waals surface area contributed by atoms with E-state index in [1.807, 2.05) is 0 Å². The Labute approximate surface area is 113 Å². The van der Waals surface area contributed by atoms with Gasteiger partial charge in [-0.3, -0.25) is 0 Å². The summed E-state index contributed by atoms with van der Waals surface area (Å²) >= 11 is 2.40. The molecular formula is C14H18N2Pt. The summed E-state index contributed by atoms with van der Waals surface area (Å²) in [6.45, 7) is 7.61. The summed E-state index contributed by atoms with van der Waals surface area (Å²) in [4.78, 5) is 0. The molecule has 0 saturated carbocycles. The summed E-state index contributed by atoms with van der Waals surface area (Å²) in [7, 11) is 0. The van der Waals surface area contributed by atoms with Gasteiger partial charge in [-0.15, -0.1) is 0 Å². The number of benzene rings is 1. The minimum atomic E-state index is 0.138. The number of aromatic nitrogens is 2. The van der Waals surface area contributed by atoms with Crippen molar-refractivity contribution in [2.45, 2.75) is 32.9 Å². The topological polar surface area (TPSA) is 9.86 Å². The molecule has 2 nitrogen and oxygen atoms in total. The number of hydrogen-bond donors (Lipinski definition) is 0. The van der Waals surface area contributed by atoms with E-state index in [4.69, 9.17) is 0 Å². The van der Waals surface area contributed by atoms with Gasteiger partial charge in [-0.1, -0.05) is 0 Å². The van der Waals surface area contributed by atoms with Gasteiger partial charge in [0, 0.05) is 0 Å². The molecule has 0 atom stereocenters. The van der Waals surface area contributed by atoms with Crippen LogP contribution in [0.25, 0.3) is 0 Å². The summed E-state index contributed by atoms with van der Waals surface area (Å²) in [6, 6.07) is 10.6. The molecule has 17 heavy (non-hydrogen) atoms. The quantitative estimate of drug-likeness (QED) is 0.721. The third-order valence-corrected chi connectivity index (χ3v) is 3.92. The second kappa shape index (κ2) is 4.78. The first-order valence-corrected chi connectivity index (χ1v) is 6.90. The monoisotopic (exact) mass is 409 g/mol. The fraction of sp³-hybridized carbons (Fsp3) is 0.357. The molecule has 0 aliphatic carbocycles. The molecule has 1 heterocycles. The predicted molar refractivity (Wildman–Crippen MR) is 66.2 cm³/mol. The molecular weight excluding hydrogens is 391 g/mol. The third kappa shape index (κ3) is 2.87. The van der Waals surface area contributed by atoms with Crippen LogP contribution in [0.1, 0.15) is 26.3 Å². The van der Waals surface area contributed by atoms with Crippen LogP contribution in [0.3, 0.4) is 0 Å². The van der Waals surface area contributed by atoms with Crippen molar-refractivity contribution in [2.24, 2.45) is 0 Å². The summed E-state index contributed by atoms with van der Waals surface area (Å²) < 4.78 is 5.85. The fourth-order valence-corrected chi connectivity index (χ4v) is 3.05. The van der Waals surface area contributed by atoms with Crippen LogP contribution in [0, 0.1) is 3.80 Å². The number of hydrogen-bond acceptors (Lipinski definition) is 0. The van der Waals surface area contributed by atoms with Crippen molar-refractivity contribution >= 4 is 0 Å². The molecule has 0 bridgehead atoms. The van der Waals surface area contributed by atoms with E-state index < -0.39 is 0 Å². The maximum atomic E-state index is 2.40. The number of rotatable bonds is 2. The van der Waals surface area contributed by atoms with Gasteiger partial charge in [-0.2, -0.15) is 0 Å². The van der Waals surface area contributed by atoms with Crippen LogP contribution in [0.2, 0.25) is 0 Å². The Bertz CT molecular complexity index is 544. The first kappa shape index (κ1) is 12.6. The molecule has 1 aromatic carbocycles.